The Kier molecular flexibility index (Phi) is 6.19. The quantitative estimate of drug-likeness (QED) is 0.736. The highest BCUT2D eigenvalue weighted by atomic mass is 35.5. The van der Waals surface area contributed by atoms with Gasteiger partial charge in [-0.05, 0) is 36.8 Å². The van der Waals surface area contributed by atoms with Crippen molar-refractivity contribution in [3.8, 4) is 0 Å². The van der Waals surface area contributed by atoms with Crippen molar-refractivity contribution in [3.63, 3.8) is 0 Å². The topological polar surface area (TPSA) is 66.9 Å². The Morgan fingerprint density at radius 3 is 2.56 bits per heavy atom. The zero-order chi connectivity index (χ0) is 18.4. The van der Waals surface area contributed by atoms with Crippen LogP contribution in [0.15, 0.2) is 30.3 Å². The van der Waals surface area contributed by atoms with Crippen molar-refractivity contribution in [3.05, 3.63) is 46.6 Å². The summed E-state index contributed by atoms with van der Waals surface area (Å²) in [7, 11) is 0. The fourth-order valence-electron chi connectivity index (χ4n) is 1.92. The lowest BCUT2D eigenvalue weighted by molar-refractivity contribution is -0.137. The molecule has 2 N–H and O–H groups in total. The van der Waals surface area contributed by atoms with Crippen LogP contribution >= 0.6 is 11.6 Å². The van der Waals surface area contributed by atoms with Gasteiger partial charge in [0.05, 0.1) is 16.3 Å². The molecular weight excluding hydrogens is 357 g/mol. The molecule has 9 heteroatoms. The van der Waals surface area contributed by atoms with Crippen molar-refractivity contribution >= 4 is 29.0 Å². The molecular formula is C16H16ClF3N4O. The molecule has 1 amide bonds. The van der Waals surface area contributed by atoms with E-state index >= 15 is 0 Å². The summed E-state index contributed by atoms with van der Waals surface area (Å²) in [5.41, 5.74) is -0.665. The van der Waals surface area contributed by atoms with Crippen LogP contribution in [-0.4, -0.2) is 22.6 Å². The monoisotopic (exact) mass is 372 g/mol. The third-order valence-corrected chi connectivity index (χ3v) is 3.60. The standard InChI is InChI=1S/C16H16ClF3N4O/c1-2-3-8-21-15(25)12-6-7-14(24-23-12)22-13-9-10(16(18,19)20)4-5-11(13)17/h4-7,9H,2-3,8H2,1H3,(H,21,25)(H,22,24). The molecule has 0 bridgehead atoms. The van der Waals surface area contributed by atoms with Crippen LogP contribution in [-0.2, 0) is 6.18 Å². The van der Waals surface area contributed by atoms with Crippen molar-refractivity contribution in [2.45, 2.75) is 25.9 Å². The lowest BCUT2D eigenvalue weighted by atomic mass is 10.2. The number of hydrogen-bond acceptors (Lipinski definition) is 4. The second kappa shape index (κ2) is 8.15. The van der Waals surface area contributed by atoms with Gasteiger partial charge in [-0.3, -0.25) is 4.79 Å². The van der Waals surface area contributed by atoms with E-state index in [1.54, 1.807) is 0 Å². The minimum atomic E-state index is -4.48. The largest absolute Gasteiger partial charge is 0.416 e. The van der Waals surface area contributed by atoms with Crippen molar-refractivity contribution < 1.29 is 18.0 Å². The van der Waals surface area contributed by atoms with Crippen LogP contribution in [0.1, 0.15) is 35.8 Å². The number of nitrogens with zero attached hydrogens (tertiary/aromatic N) is 2. The molecule has 0 aliphatic carbocycles. The Morgan fingerprint density at radius 1 is 1.20 bits per heavy atom. The van der Waals surface area contributed by atoms with Gasteiger partial charge in [0, 0.05) is 6.54 Å². The van der Waals surface area contributed by atoms with Crippen molar-refractivity contribution in [2.24, 2.45) is 0 Å². The second-order valence-corrected chi connectivity index (χ2v) is 5.64. The van der Waals surface area contributed by atoms with Crippen LogP contribution in [0.25, 0.3) is 0 Å². The van der Waals surface area contributed by atoms with Gasteiger partial charge in [-0.1, -0.05) is 24.9 Å². The highest BCUT2D eigenvalue weighted by molar-refractivity contribution is 6.33. The Morgan fingerprint density at radius 2 is 1.96 bits per heavy atom. The Balaban J connectivity index is 2.10. The predicted octanol–water partition coefficient (Wildman–Crippen LogP) is 4.42. The van der Waals surface area contributed by atoms with Crippen molar-refractivity contribution in [1.29, 1.82) is 0 Å². The summed E-state index contributed by atoms with van der Waals surface area (Å²) >= 11 is 5.91. The first-order valence-electron chi connectivity index (χ1n) is 7.57. The first-order chi connectivity index (χ1) is 11.8. The van der Waals surface area contributed by atoms with Crippen molar-refractivity contribution in [1.82, 2.24) is 15.5 Å². The summed E-state index contributed by atoms with van der Waals surface area (Å²) in [4.78, 5) is 11.8. The first-order valence-corrected chi connectivity index (χ1v) is 7.94. The minimum Gasteiger partial charge on any atom is -0.351 e. The lowest BCUT2D eigenvalue weighted by Gasteiger charge is -2.12. The predicted molar refractivity (Wildman–Crippen MR) is 89.0 cm³/mol. The molecule has 134 valence electrons. The molecule has 1 heterocycles. The first kappa shape index (κ1) is 19.0. The molecule has 2 aromatic rings. The molecule has 0 unspecified atom stereocenters. The van der Waals surface area contributed by atoms with Gasteiger partial charge >= 0.3 is 6.18 Å². The summed E-state index contributed by atoms with van der Waals surface area (Å²) in [6.07, 6.45) is -2.67. The number of nitrogens with one attached hydrogen (secondary N) is 2. The number of amides is 1. The summed E-state index contributed by atoms with van der Waals surface area (Å²) in [5, 5.41) is 13.0. The number of aromatic nitrogens is 2. The number of carbonyl (C=O) groups is 1. The van der Waals surface area contributed by atoms with Crippen LogP contribution in [0.2, 0.25) is 5.02 Å². The minimum absolute atomic E-state index is 0.0472. The van der Waals surface area contributed by atoms with Crippen LogP contribution in [0.5, 0.6) is 0 Å². The SMILES string of the molecule is CCCCNC(=O)c1ccc(Nc2cc(C(F)(F)F)ccc2Cl)nn1. The molecule has 0 aliphatic rings. The van der Waals surface area contributed by atoms with E-state index in [9.17, 15) is 18.0 Å². The average Bonchev–Trinajstić information content (AvgIpc) is 2.56. The maximum absolute atomic E-state index is 12.8. The van der Waals surface area contributed by atoms with Gasteiger partial charge in [0.2, 0.25) is 0 Å². The molecule has 0 atom stereocenters. The summed E-state index contributed by atoms with van der Waals surface area (Å²) in [5.74, 6) is -0.184. The number of benzene rings is 1. The molecule has 0 radical (unpaired) electrons. The van der Waals surface area contributed by atoms with Crippen LogP contribution in [0.4, 0.5) is 24.7 Å². The summed E-state index contributed by atoms with van der Waals surface area (Å²) in [6, 6.07) is 5.80. The van der Waals surface area contributed by atoms with E-state index in [2.05, 4.69) is 20.8 Å². The Bertz CT molecular complexity index is 735. The van der Waals surface area contributed by atoms with Gasteiger partial charge in [0.15, 0.2) is 11.5 Å². The maximum atomic E-state index is 12.8. The molecule has 0 saturated heterocycles. The zero-order valence-corrected chi connectivity index (χ0v) is 14.1. The zero-order valence-electron chi connectivity index (χ0n) is 13.3. The molecule has 2 rings (SSSR count). The summed E-state index contributed by atoms with van der Waals surface area (Å²) < 4.78 is 38.3. The highest BCUT2D eigenvalue weighted by Gasteiger charge is 2.31. The van der Waals surface area contributed by atoms with E-state index in [4.69, 9.17) is 11.6 Å². The third kappa shape index (κ3) is 5.32. The van der Waals surface area contributed by atoms with E-state index in [0.29, 0.717) is 6.54 Å². The number of unbranched alkanes of at least 4 members (excludes halogenated alkanes) is 1. The number of anilines is 2. The number of halogens is 4. The van der Waals surface area contributed by atoms with Crippen molar-refractivity contribution in [2.75, 3.05) is 11.9 Å². The van der Waals surface area contributed by atoms with Gasteiger partial charge in [0.1, 0.15) is 0 Å². The second-order valence-electron chi connectivity index (χ2n) is 5.23. The smallest absolute Gasteiger partial charge is 0.351 e. The molecule has 25 heavy (non-hydrogen) atoms. The molecule has 1 aromatic heterocycles. The molecule has 0 aliphatic heterocycles. The van der Waals surface area contributed by atoms with E-state index in [-0.39, 0.29) is 28.1 Å². The van der Waals surface area contributed by atoms with Gasteiger partial charge < -0.3 is 10.6 Å². The molecule has 5 nitrogen and oxygen atoms in total. The third-order valence-electron chi connectivity index (χ3n) is 3.27. The highest BCUT2D eigenvalue weighted by Crippen LogP contribution is 2.34. The number of hydrogen-bond donors (Lipinski definition) is 2. The van der Waals surface area contributed by atoms with Gasteiger partial charge in [-0.15, -0.1) is 10.2 Å². The average molecular weight is 373 g/mol. The lowest BCUT2D eigenvalue weighted by Crippen LogP contribution is -2.25. The fraction of sp³-hybridized carbons (Fsp3) is 0.312. The number of carbonyl (C=O) groups excluding carboxylic acids is 1. The van der Waals surface area contributed by atoms with E-state index < -0.39 is 11.7 Å². The molecule has 0 fully saturated rings. The molecule has 0 saturated carbocycles. The number of rotatable bonds is 6. The number of alkyl halides is 3. The van der Waals surface area contributed by atoms with Crippen LogP contribution in [0.3, 0.4) is 0 Å². The van der Waals surface area contributed by atoms with E-state index in [1.807, 2.05) is 6.92 Å². The molecule has 0 spiro atoms. The maximum Gasteiger partial charge on any atom is 0.416 e. The van der Waals surface area contributed by atoms with Gasteiger partial charge in [-0.2, -0.15) is 13.2 Å². The Hall–Kier alpha value is -2.35. The molecule has 1 aromatic carbocycles. The van der Waals surface area contributed by atoms with E-state index in [1.165, 1.54) is 12.1 Å². The normalized spacial score (nSPS) is 11.2. The summed E-state index contributed by atoms with van der Waals surface area (Å²) in [6.45, 7) is 2.54. The van der Waals surface area contributed by atoms with Gasteiger partial charge in [-0.25, -0.2) is 0 Å². The van der Waals surface area contributed by atoms with Crippen LogP contribution < -0.4 is 10.6 Å². The Labute approximate surface area is 147 Å². The van der Waals surface area contributed by atoms with E-state index in [0.717, 1.165) is 31.0 Å². The van der Waals surface area contributed by atoms with Crippen LogP contribution in [0, 0.1) is 0 Å². The van der Waals surface area contributed by atoms with Gasteiger partial charge in [0.25, 0.3) is 5.91 Å². The fourth-order valence-corrected chi connectivity index (χ4v) is 2.09.